The van der Waals surface area contributed by atoms with Gasteiger partial charge in [-0.05, 0) is 29.2 Å². The van der Waals surface area contributed by atoms with Crippen molar-refractivity contribution in [1.29, 1.82) is 0 Å². The highest BCUT2D eigenvalue weighted by Gasteiger charge is 2.33. The van der Waals surface area contributed by atoms with Crippen LogP contribution in [0.4, 0.5) is 0 Å². The van der Waals surface area contributed by atoms with Crippen molar-refractivity contribution in [3.05, 3.63) is 41.2 Å². The number of hydrogen-bond acceptors (Lipinski definition) is 2. The third-order valence-electron chi connectivity index (χ3n) is 4.57. The molecular weight excluding hydrogens is 252 g/mol. The molecule has 2 aliphatic rings. The van der Waals surface area contributed by atoms with E-state index >= 15 is 0 Å². The van der Waals surface area contributed by atoms with Gasteiger partial charge >= 0.3 is 5.97 Å². The van der Waals surface area contributed by atoms with Crippen molar-refractivity contribution in [3.63, 3.8) is 0 Å². The molecule has 4 heteroatoms. The van der Waals surface area contributed by atoms with E-state index in [9.17, 15) is 9.90 Å². The molecule has 0 radical (unpaired) electrons. The van der Waals surface area contributed by atoms with E-state index in [1.54, 1.807) is 0 Å². The van der Waals surface area contributed by atoms with Crippen molar-refractivity contribution in [2.75, 3.05) is 13.6 Å². The van der Waals surface area contributed by atoms with Gasteiger partial charge in [-0.2, -0.15) is 0 Å². The number of allylic oxidation sites excluding steroid dienone is 2. The van der Waals surface area contributed by atoms with Gasteiger partial charge in [-0.1, -0.05) is 12.1 Å². The number of fused-ring (bicyclic) bond motifs is 1. The summed E-state index contributed by atoms with van der Waals surface area (Å²) in [5, 5.41) is 10.6. The van der Waals surface area contributed by atoms with Crippen molar-refractivity contribution in [3.8, 4) is 0 Å². The number of rotatable bonds is 1. The van der Waals surface area contributed by atoms with E-state index in [4.69, 9.17) is 0 Å². The van der Waals surface area contributed by atoms with E-state index in [1.165, 1.54) is 27.8 Å². The minimum absolute atomic E-state index is 0.311. The van der Waals surface area contributed by atoms with Crippen LogP contribution >= 0.6 is 0 Å². The number of benzene rings is 1. The molecule has 4 nitrogen and oxygen atoms in total. The Hall–Kier alpha value is -2.23. The van der Waals surface area contributed by atoms with Crippen LogP contribution in [0, 0.1) is 5.92 Å². The molecule has 0 fully saturated rings. The fraction of sp³-hybridized carbons (Fsp3) is 0.312. The zero-order valence-electron chi connectivity index (χ0n) is 11.3. The predicted molar refractivity (Wildman–Crippen MR) is 77.3 cm³/mol. The number of H-pyrrole nitrogens is 1. The van der Waals surface area contributed by atoms with E-state index in [0.717, 1.165) is 11.9 Å². The molecule has 1 unspecified atom stereocenters. The minimum Gasteiger partial charge on any atom is -0.481 e. The highest BCUT2D eigenvalue weighted by molar-refractivity contribution is 5.98. The number of likely N-dealkylation sites (N-methyl/N-ethyl adjacent to an activating group) is 1. The first-order chi connectivity index (χ1) is 9.65. The molecule has 0 saturated carbocycles. The van der Waals surface area contributed by atoms with E-state index in [1.807, 2.05) is 13.1 Å². The van der Waals surface area contributed by atoms with Crippen LogP contribution in [0.2, 0.25) is 0 Å². The maximum Gasteiger partial charge on any atom is 0.308 e. The fourth-order valence-electron chi connectivity index (χ4n) is 3.60. The van der Waals surface area contributed by atoms with E-state index in [-0.39, 0.29) is 5.92 Å². The Bertz CT molecular complexity index is 757. The highest BCUT2D eigenvalue weighted by atomic mass is 16.4. The third-order valence-corrected chi connectivity index (χ3v) is 4.57. The molecule has 1 aromatic carbocycles. The lowest BCUT2D eigenvalue weighted by Gasteiger charge is -2.36. The maximum absolute atomic E-state index is 11.4. The van der Waals surface area contributed by atoms with Crippen LogP contribution in [0.15, 0.2) is 30.1 Å². The average molecular weight is 268 g/mol. The first-order valence-electron chi connectivity index (χ1n) is 6.90. The summed E-state index contributed by atoms with van der Waals surface area (Å²) in [6.07, 6.45) is 3.61. The van der Waals surface area contributed by atoms with Gasteiger partial charge in [0.25, 0.3) is 0 Å². The second kappa shape index (κ2) is 3.88. The normalized spacial score (nSPS) is 21.2. The molecule has 0 saturated heterocycles. The van der Waals surface area contributed by atoms with Gasteiger partial charge in [-0.25, -0.2) is 0 Å². The minimum atomic E-state index is -0.699. The van der Waals surface area contributed by atoms with Gasteiger partial charge in [0.2, 0.25) is 0 Å². The molecule has 0 bridgehead atoms. The summed E-state index contributed by atoms with van der Waals surface area (Å²) < 4.78 is 0. The lowest BCUT2D eigenvalue weighted by atomic mass is 9.81. The Kier molecular flexibility index (Phi) is 2.25. The number of carbonyl (C=O) groups is 1. The lowest BCUT2D eigenvalue weighted by Crippen LogP contribution is -2.36. The van der Waals surface area contributed by atoms with Crippen LogP contribution < -0.4 is 0 Å². The molecule has 2 aromatic rings. The summed E-state index contributed by atoms with van der Waals surface area (Å²) in [7, 11) is 2.00. The van der Waals surface area contributed by atoms with Crippen molar-refractivity contribution in [2.45, 2.75) is 12.8 Å². The Morgan fingerprint density at radius 3 is 3.10 bits per heavy atom. The summed E-state index contributed by atoms with van der Waals surface area (Å²) >= 11 is 0. The molecule has 1 aliphatic heterocycles. The molecule has 2 heterocycles. The SMILES string of the molecule is CN1CC(C(=O)O)CC2=C1Cc1c[nH]c3cccc2c13. The van der Waals surface area contributed by atoms with Gasteiger partial charge in [0.05, 0.1) is 5.92 Å². The van der Waals surface area contributed by atoms with Gasteiger partial charge in [-0.3, -0.25) is 4.79 Å². The van der Waals surface area contributed by atoms with E-state index in [0.29, 0.717) is 13.0 Å². The van der Waals surface area contributed by atoms with Crippen molar-refractivity contribution < 1.29 is 9.90 Å². The molecule has 0 spiro atoms. The zero-order chi connectivity index (χ0) is 13.9. The van der Waals surface area contributed by atoms with E-state index < -0.39 is 5.97 Å². The predicted octanol–water partition coefficient (Wildman–Crippen LogP) is 2.47. The maximum atomic E-state index is 11.4. The van der Waals surface area contributed by atoms with Crippen LogP contribution in [0.5, 0.6) is 0 Å². The Balaban J connectivity index is 1.92. The number of nitrogens with zero attached hydrogens (tertiary/aromatic N) is 1. The van der Waals surface area contributed by atoms with Crippen molar-refractivity contribution in [2.24, 2.45) is 5.92 Å². The van der Waals surface area contributed by atoms with Gasteiger partial charge in [0.15, 0.2) is 0 Å². The number of hydrogen-bond donors (Lipinski definition) is 2. The van der Waals surface area contributed by atoms with E-state index in [2.05, 4.69) is 28.2 Å². The molecule has 1 aromatic heterocycles. The number of aliphatic carboxylic acids is 1. The van der Waals surface area contributed by atoms with Crippen LogP contribution in [-0.4, -0.2) is 34.6 Å². The summed E-state index contributed by atoms with van der Waals surface area (Å²) in [5.41, 5.74) is 6.16. The molecule has 102 valence electrons. The zero-order valence-corrected chi connectivity index (χ0v) is 11.3. The molecular formula is C16H16N2O2. The van der Waals surface area contributed by atoms with Gasteiger partial charge in [-0.15, -0.1) is 0 Å². The van der Waals surface area contributed by atoms with Crippen LogP contribution in [0.25, 0.3) is 16.5 Å². The van der Waals surface area contributed by atoms with Crippen LogP contribution in [0.3, 0.4) is 0 Å². The number of carboxylic acids is 1. The third kappa shape index (κ3) is 1.45. The monoisotopic (exact) mass is 268 g/mol. The number of nitrogens with one attached hydrogen (secondary N) is 1. The molecule has 0 amide bonds. The first kappa shape index (κ1) is 11.6. The molecule has 20 heavy (non-hydrogen) atoms. The van der Waals surface area contributed by atoms with Crippen LogP contribution in [0.1, 0.15) is 17.5 Å². The van der Waals surface area contributed by atoms with Crippen molar-refractivity contribution in [1.82, 2.24) is 9.88 Å². The van der Waals surface area contributed by atoms with Gasteiger partial charge < -0.3 is 15.0 Å². The topological polar surface area (TPSA) is 56.3 Å². The first-order valence-corrected chi connectivity index (χ1v) is 6.90. The molecule has 1 aliphatic carbocycles. The second-order valence-corrected chi connectivity index (χ2v) is 5.76. The largest absolute Gasteiger partial charge is 0.481 e. The quantitative estimate of drug-likeness (QED) is 0.835. The fourth-order valence-corrected chi connectivity index (χ4v) is 3.60. The Morgan fingerprint density at radius 1 is 1.45 bits per heavy atom. The Morgan fingerprint density at radius 2 is 2.30 bits per heavy atom. The summed E-state index contributed by atoms with van der Waals surface area (Å²) in [6, 6.07) is 6.24. The summed E-state index contributed by atoms with van der Waals surface area (Å²) in [6.45, 7) is 0.601. The summed E-state index contributed by atoms with van der Waals surface area (Å²) in [4.78, 5) is 16.8. The number of carboxylic acid groups (broad SMARTS) is 1. The average Bonchev–Trinajstić information content (AvgIpc) is 2.84. The summed E-state index contributed by atoms with van der Waals surface area (Å²) in [5.74, 6) is -1.01. The van der Waals surface area contributed by atoms with Crippen LogP contribution in [-0.2, 0) is 11.2 Å². The smallest absolute Gasteiger partial charge is 0.308 e. The number of aromatic amines is 1. The Labute approximate surface area is 116 Å². The standard InChI is InChI=1S/C16H16N2O2/c1-18-8-10(16(19)20)5-12-11-3-2-4-13-15(11)9(7-17-13)6-14(12)18/h2-4,7,10,17H,5-6,8H2,1H3,(H,19,20). The molecule has 4 rings (SSSR count). The second-order valence-electron chi connectivity index (χ2n) is 5.76. The highest BCUT2D eigenvalue weighted by Crippen LogP contribution is 2.42. The number of aromatic nitrogens is 1. The van der Waals surface area contributed by atoms with Gasteiger partial charge in [0, 0.05) is 42.8 Å². The lowest BCUT2D eigenvalue weighted by molar-refractivity contribution is -0.142. The molecule has 1 atom stereocenters. The molecule has 2 N–H and O–H groups in total. The van der Waals surface area contributed by atoms with Gasteiger partial charge in [0.1, 0.15) is 0 Å². The van der Waals surface area contributed by atoms with Crippen molar-refractivity contribution >= 4 is 22.4 Å².